The molecule has 1 atom stereocenters. The molecule has 3 aromatic heterocycles. The molecule has 148 valence electrons. The highest BCUT2D eigenvalue weighted by Gasteiger charge is 2.27. The molecule has 5 aromatic rings. The van der Waals surface area contributed by atoms with Crippen LogP contribution in [0, 0.1) is 0 Å². The van der Waals surface area contributed by atoms with E-state index in [-0.39, 0.29) is 5.78 Å². The highest BCUT2D eigenvalue weighted by molar-refractivity contribution is 8.00. The minimum Gasteiger partial charge on any atom is -0.360 e. The molecule has 0 radical (unpaired) electrons. The number of hydrogen-bond acceptors (Lipinski definition) is 6. The van der Waals surface area contributed by atoms with Gasteiger partial charge < -0.3 is 4.98 Å². The van der Waals surface area contributed by atoms with E-state index in [1.54, 1.807) is 22.2 Å². The van der Waals surface area contributed by atoms with Gasteiger partial charge in [-0.05, 0) is 33.5 Å². The number of carbonyl (C=O) groups excluding carboxylic acids is 1. The van der Waals surface area contributed by atoms with Crippen molar-refractivity contribution in [2.75, 3.05) is 0 Å². The summed E-state index contributed by atoms with van der Waals surface area (Å²) in [6, 6.07) is 21.7. The number of tetrazole rings is 1. The maximum Gasteiger partial charge on any atom is 0.210 e. The molecular formula is C22H17N5OS2. The summed E-state index contributed by atoms with van der Waals surface area (Å²) >= 11 is 3.03. The van der Waals surface area contributed by atoms with Crippen molar-refractivity contribution in [1.29, 1.82) is 0 Å². The van der Waals surface area contributed by atoms with Crippen LogP contribution >= 0.6 is 23.1 Å². The average molecular weight is 432 g/mol. The Hall–Kier alpha value is -3.23. The van der Waals surface area contributed by atoms with Gasteiger partial charge in [0.2, 0.25) is 5.16 Å². The molecule has 0 fully saturated rings. The van der Waals surface area contributed by atoms with Crippen LogP contribution in [0.3, 0.4) is 0 Å². The van der Waals surface area contributed by atoms with Crippen molar-refractivity contribution < 1.29 is 4.79 Å². The number of H-pyrrole nitrogens is 1. The Bertz CT molecular complexity index is 1280. The number of nitrogens with zero attached hydrogens (tertiary/aromatic N) is 4. The summed E-state index contributed by atoms with van der Waals surface area (Å²) in [7, 11) is 0. The molecule has 1 unspecified atom stereocenters. The largest absolute Gasteiger partial charge is 0.360 e. The SMILES string of the molecule is O=C(c1c[nH]c2ccccc12)C(Sc1nnnn1Cc1cccs1)c1ccccc1. The Balaban J connectivity index is 1.51. The zero-order valence-electron chi connectivity index (χ0n) is 15.8. The normalized spacial score (nSPS) is 12.3. The molecule has 0 aliphatic heterocycles. The number of para-hydroxylation sites is 1. The smallest absolute Gasteiger partial charge is 0.210 e. The molecule has 0 spiro atoms. The van der Waals surface area contributed by atoms with E-state index in [9.17, 15) is 4.79 Å². The Morgan fingerprint density at radius 3 is 2.73 bits per heavy atom. The summed E-state index contributed by atoms with van der Waals surface area (Å²) in [5, 5.41) is 15.3. The van der Waals surface area contributed by atoms with Crippen molar-refractivity contribution in [3.63, 3.8) is 0 Å². The maximum atomic E-state index is 13.7. The predicted molar refractivity (Wildman–Crippen MR) is 119 cm³/mol. The fraction of sp³-hybridized carbons (Fsp3) is 0.0909. The first-order valence-electron chi connectivity index (χ1n) is 9.40. The van der Waals surface area contributed by atoms with Crippen LogP contribution in [0.25, 0.3) is 10.9 Å². The quantitative estimate of drug-likeness (QED) is 0.290. The van der Waals surface area contributed by atoms with E-state index in [0.29, 0.717) is 17.3 Å². The Morgan fingerprint density at radius 1 is 1.07 bits per heavy atom. The highest BCUT2D eigenvalue weighted by atomic mass is 32.2. The van der Waals surface area contributed by atoms with E-state index in [4.69, 9.17) is 0 Å². The van der Waals surface area contributed by atoms with Crippen LogP contribution in [0.5, 0.6) is 0 Å². The minimum atomic E-state index is -0.460. The number of Topliss-reactive ketones (excluding diaryl/α,β-unsaturated/α-hetero) is 1. The Kier molecular flexibility index (Phi) is 5.17. The predicted octanol–water partition coefficient (Wildman–Crippen LogP) is 4.98. The number of ketones is 1. The molecule has 30 heavy (non-hydrogen) atoms. The van der Waals surface area contributed by atoms with E-state index in [2.05, 4.69) is 20.5 Å². The zero-order chi connectivity index (χ0) is 20.3. The molecule has 5 rings (SSSR count). The lowest BCUT2D eigenvalue weighted by Gasteiger charge is -2.15. The molecule has 0 saturated heterocycles. The van der Waals surface area contributed by atoms with Crippen LogP contribution in [-0.2, 0) is 6.54 Å². The highest BCUT2D eigenvalue weighted by Crippen LogP contribution is 2.38. The third-order valence-corrected chi connectivity index (χ3v) is 6.89. The minimum absolute atomic E-state index is 0.0225. The first kappa shape index (κ1) is 18.8. The van der Waals surface area contributed by atoms with Gasteiger partial charge in [-0.25, -0.2) is 4.68 Å². The van der Waals surface area contributed by atoms with Gasteiger partial charge in [0.05, 0.1) is 6.54 Å². The third kappa shape index (κ3) is 3.67. The average Bonchev–Trinajstić information content (AvgIpc) is 3.54. The number of aromatic nitrogens is 5. The van der Waals surface area contributed by atoms with Crippen molar-refractivity contribution in [3.8, 4) is 0 Å². The van der Waals surface area contributed by atoms with Gasteiger partial charge in [-0.2, -0.15) is 0 Å². The number of fused-ring (bicyclic) bond motifs is 1. The Morgan fingerprint density at radius 2 is 1.90 bits per heavy atom. The van der Waals surface area contributed by atoms with Gasteiger partial charge in [0, 0.05) is 27.5 Å². The number of rotatable bonds is 7. The van der Waals surface area contributed by atoms with Gasteiger partial charge >= 0.3 is 0 Å². The molecule has 0 bridgehead atoms. The van der Waals surface area contributed by atoms with Gasteiger partial charge in [-0.15, -0.1) is 16.4 Å². The zero-order valence-corrected chi connectivity index (χ0v) is 17.4. The summed E-state index contributed by atoms with van der Waals surface area (Å²) in [4.78, 5) is 18.0. The fourth-order valence-electron chi connectivity index (χ4n) is 3.35. The first-order valence-corrected chi connectivity index (χ1v) is 11.2. The second-order valence-corrected chi connectivity index (χ2v) is 8.82. The van der Waals surface area contributed by atoms with E-state index >= 15 is 0 Å². The standard InChI is InChI=1S/C22H17N5OS2/c28-20(18-13-23-19-11-5-4-10-17(18)19)21(15-7-2-1-3-8-15)30-22-24-25-26-27(22)14-16-9-6-12-29-16/h1-13,21,23H,14H2. The van der Waals surface area contributed by atoms with Gasteiger partial charge in [0.1, 0.15) is 5.25 Å². The lowest BCUT2D eigenvalue weighted by molar-refractivity contribution is 0.0991. The van der Waals surface area contributed by atoms with Crippen molar-refractivity contribution in [2.24, 2.45) is 0 Å². The van der Waals surface area contributed by atoms with Crippen molar-refractivity contribution in [1.82, 2.24) is 25.2 Å². The molecule has 8 heteroatoms. The number of nitrogens with one attached hydrogen (secondary N) is 1. The van der Waals surface area contributed by atoms with E-state index < -0.39 is 5.25 Å². The van der Waals surface area contributed by atoms with Crippen LogP contribution in [0.15, 0.2) is 83.5 Å². The van der Waals surface area contributed by atoms with Crippen LogP contribution in [0.1, 0.15) is 26.0 Å². The van der Waals surface area contributed by atoms with E-state index in [1.165, 1.54) is 11.8 Å². The van der Waals surface area contributed by atoms with E-state index in [0.717, 1.165) is 21.3 Å². The summed E-state index contributed by atoms with van der Waals surface area (Å²) in [6.07, 6.45) is 1.79. The summed E-state index contributed by atoms with van der Waals surface area (Å²) in [5.74, 6) is 0.0225. The summed E-state index contributed by atoms with van der Waals surface area (Å²) in [5.41, 5.74) is 2.54. The van der Waals surface area contributed by atoms with Crippen LogP contribution < -0.4 is 0 Å². The lowest BCUT2D eigenvalue weighted by Crippen LogP contribution is -2.12. The molecule has 0 aliphatic carbocycles. The molecular weight excluding hydrogens is 414 g/mol. The second-order valence-electron chi connectivity index (χ2n) is 6.72. The summed E-state index contributed by atoms with van der Waals surface area (Å²) < 4.78 is 1.74. The Labute approximate surface area is 180 Å². The number of thioether (sulfide) groups is 1. The number of aromatic amines is 1. The van der Waals surface area contributed by atoms with Crippen LogP contribution in [0.2, 0.25) is 0 Å². The van der Waals surface area contributed by atoms with Crippen molar-refractivity contribution in [3.05, 3.63) is 94.3 Å². The number of benzene rings is 2. The monoisotopic (exact) mass is 431 g/mol. The van der Waals surface area contributed by atoms with Gasteiger partial charge in [-0.1, -0.05) is 66.4 Å². The van der Waals surface area contributed by atoms with Crippen LogP contribution in [-0.4, -0.2) is 31.0 Å². The van der Waals surface area contributed by atoms with Crippen molar-refractivity contribution >= 4 is 39.8 Å². The number of carbonyl (C=O) groups is 1. The maximum absolute atomic E-state index is 13.7. The van der Waals surface area contributed by atoms with E-state index in [1.807, 2.05) is 72.1 Å². The fourth-order valence-corrected chi connectivity index (χ4v) is 5.08. The number of hydrogen-bond donors (Lipinski definition) is 1. The molecule has 0 amide bonds. The molecule has 2 aromatic carbocycles. The molecule has 0 aliphatic rings. The lowest BCUT2D eigenvalue weighted by atomic mass is 10.0. The molecule has 3 heterocycles. The summed E-state index contributed by atoms with van der Waals surface area (Å²) in [6.45, 7) is 0.579. The molecule has 0 saturated carbocycles. The second kappa shape index (κ2) is 8.25. The van der Waals surface area contributed by atoms with Gasteiger partial charge in [-0.3, -0.25) is 4.79 Å². The van der Waals surface area contributed by atoms with Crippen LogP contribution in [0.4, 0.5) is 0 Å². The first-order chi connectivity index (χ1) is 14.8. The topological polar surface area (TPSA) is 76.5 Å². The van der Waals surface area contributed by atoms with Gasteiger partial charge in [0.15, 0.2) is 5.78 Å². The van der Waals surface area contributed by atoms with Crippen molar-refractivity contribution in [2.45, 2.75) is 17.0 Å². The third-order valence-electron chi connectivity index (χ3n) is 4.80. The number of thiophene rings is 1. The molecule has 1 N–H and O–H groups in total. The molecule has 6 nitrogen and oxygen atoms in total. The van der Waals surface area contributed by atoms with Gasteiger partial charge in [0.25, 0.3) is 0 Å².